The van der Waals surface area contributed by atoms with Crippen LogP contribution in [-0.4, -0.2) is 28.5 Å². The van der Waals surface area contributed by atoms with Gasteiger partial charge in [-0.3, -0.25) is 9.59 Å². The predicted molar refractivity (Wildman–Crippen MR) is 75.8 cm³/mol. The molecule has 1 N–H and O–H groups in total. The fourth-order valence-corrected chi connectivity index (χ4v) is 2.17. The first-order valence-electron chi connectivity index (χ1n) is 6.60. The lowest BCUT2D eigenvalue weighted by molar-refractivity contribution is 0.0289. The van der Waals surface area contributed by atoms with E-state index in [9.17, 15) is 14.4 Å². The van der Waals surface area contributed by atoms with Gasteiger partial charge in [-0.15, -0.1) is 0 Å². The summed E-state index contributed by atoms with van der Waals surface area (Å²) in [6.45, 7) is 8.59. The van der Waals surface area contributed by atoms with Crippen molar-refractivity contribution in [3.05, 3.63) is 34.4 Å². The summed E-state index contributed by atoms with van der Waals surface area (Å²) in [7, 11) is 0. The Bertz CT molecular complexity index is 603. The van der Waals surface area contributed by atoms with Gasteiger partial charge in [-0.1, -0.05) is 12.1 Å². The normalized spacial score (nSPS) is 14.2. The first-order chi connectivity index (χ1) is 9.61. The molecule has 21 heavy (non-hydrogen) atoms. The van der Waals surface area contributed by atoms with E-state index < -0.39 is 23.5 Å². The van der Waals surface area contributed by atoms with Crippen molar-refractivity contribution >= 4 is 17.9 Å². The van der Waals surface area contributed by atoms with E-state index in [1.807, 2.05) is 0 Å². The summed E-state index contributed by atoms with van der Waals surface area (Å²) in [5.74, 6) is -1.08. The van der Waals surface area contributed by atoms with Crippen LogP contribution in [0.1, 0.15) is 52.6 Å². The van der Waals surface area contributed by atoms with Crippen molar-refractivity contribution in [2.45, 2.75) is 40.2 Å². The number of fused-ring (bicyclic) bond motifs is 1. The lowest BCUT2D eigenvalue weighted by Gasteiger charge is -2.22. The Morgan fingerprint density at radius 1 is 1.05 bits per heavy atom. The third-order valence-electron chi connectivity index (χ3n) is 3.06. The molecule has 0 bridgehead atoms. The summed E-state index contributed by atoms with van der Waals surface area (Å²) in [6.07, 6.45) is -0.840. The average Bonchev–Trinajstić information content (AvgIpc) is 2.57. The van der Waals surface area contributed by atoms with Crippen molar-refractivity contribution in [3.63, 3.8) is 0 Å². The topological polar surface area (TPSA) is 75.7 Å². The molecule has 0 radical (unpaired) electrons. The van der Waals surface area contributed by atoms with Gasteiger partial charge in [0.05, 0.1) is 11.1 Å². The number of aryl methyl sites for hydroxylation is 2. The number of carbonyl (C=O) groups excluding carboxylic acids is 3. The van der Waals surface area contributed by atoms with Crippen molar-refractivity contribution in [1.29, 1.82) is 0 Å². The zero-order chi connectivity index (χ0) is 15.9. The highest BCUT2D eigenvalue weighted by Crippen LogP contribution is 2.27. The van der Waals surface area contributed by atoms with Crippen molar-refractivity contribution in [3.8, 4) is 0 Å². The largest absolute Gasteiger partial charge is 0.443 e. The van der Waals surface area contributed by atoms with Crippen LogP contribution in [0.5, 0.6) is 0 Å². The Labute approximate surface area is 123 Å². The monoisotopic (exact) mass is 290 g/mol. The standard InChI is InChI=1S/C15H18N2O4/c1-8-6-7-9(2)11-10(8)12(18)17(13(11)19)16-14(20)21-15(3,4)5/h6-7H,1-5H3,(H,16,20). The Kier molecular flexibility index (Phi) is 3.49. The average molecular weight is 290 g/mol. The zero-order valence-corrected chi connectivity index (χ0v) is 12.7. The van der Waals surface area contributed by atoms with Crippen LogP contribution in [0, 0.1) is 13.8 Å². The molecule has 0 aromatic heterocycles. The first-order valence-corrected chi connectivity index (χ1v) is 6.60. The molecule has 6 nitrogen and oxygen atoms in total. The number of nitrogens with zero attached hydrogens (tertiary/aromatic N) is 1. The lowest BCUT2D eigenvalue weighted by Crippen LogP contribution is -2.47. The number of nitrogens with one attached hydrogen (secondary N) is 1. The van der Waals surface area contributed by atoms with Crippen LogP contribution in [0.25, 0.3) is 0 Å². The van der Waals surface area contributed by atoms with Gasteiger partial charge in [-0.05, 0) is 45.7 Å². The summed E-state index contributed by atoms with van der Waals surface area (Å²) in [5.41, 5.74) is 3.55. The van der Waals surface area contributed by atoms with E-state index >= 15 is 0 Å². The second-order valence-corrected chi connectivity index (χ2v) is 6.01. The SMILES string of the molecule is Cc1ccc(C)c2c1C(=O)N(NC(=O)OC(C)(C)C)C2=O. The maximum Gasteiger partial charge on any atom is 0.427 e. The van der Waals surface area contributed by atoms with Gasteiger partial charge in [-0.2, -0.15) is 5.01 Å². The van der Waals surface area contributed by atoms with Crippen LogP contribution in [0.2, 0.25) is 0 Å². The quantitative estimate of drug-likeness (QED) is 0.805. The molecule has 1 aromatic carbocycles. The molecule has 0 aliphatic carbocycles. The van der Waals surface area contributed by atoms with E-state index in [2.05, 4.69) is 5.43 Å². The summed E-state index contributed by atoms with van der Waals surface area (Å²) in [5, 5.41) is 0.707. The van der Waals surface area contributed by atoms with E-state index in [-0.39, 0.29) is 0 Å². The fourth-order valence-electron chi connectivity index (χ4n) is 2.17. The molecule has 1 heterocycles. The number of imide groups is 1. The molecule has 0 spiro atoms. The van der Waals surface area contributed by atoms with Crippen molar-refractivity contribution < 1.29 is 19.1 Å². The summed E-state index contributed by atoms with van der Waals surface area (Å²) in [4.78, 5) is 36.4. The number of hydrogen-bond acceptors (Lipinski definition) is 4. The number of amides is 3. The summed E-state index contributed by atoms with van der Waals surface area (Å²) >= 11 is 0. The highest BCUT2D eigenvalue weighted by molar-refractivity contribution is 6.22. The molecule has 0 saturated carbocycles. The first kappa shape index (κ1) is 15.0. The number of benzene rings is 1. The Morgan fingerprint density at radius 2 is 1.48 bits per heavy atom. The number of hydrogen-bond donors (Lipinski definition) is 1. The number of hydrazine groups is 1. The highest BCUT2D eigenvalue weighted by Gasteiger charge is 2.39. The van der Waals surface area contributed by atoms with Crippen molar-refractivity contribution in [1.82, 2.24) is 10.4 Å². The molecule has 0 saturated heterocycles. The van der Waals surface area contributed by atoms with Gasteiger partial charge in [-0.25, -0.2) is 10.2 Å². The van der Waals surface area contributed by atoms with Gasteiger partial charge < -0.3 is 4.74 Å². The third-order valence-corrected chi connectivity index (χ3v) is 3.06. The van der Waals surface area contributed by atoms with Crippen LogP contribution >= 0.6 is 0 Å². The molecule has 0 fully saturated rings. The number of rotatable bonds is 1. The van der Waals surface area contributed by atoms with Crippen LogP contribution in [0.3, 0.4) is 0 Å². The Hall–Kier alpha value is -2.37. The lowest BCUT2D eigenvalue weighted by atomic mass is 9.99. The number of ether oxygens (including phenoxy) is 1. The fraction of sp³-hybridized carbons (Fsp3) is 0.400. The Morgan fingerprint density at radius 3 is 1.86 bits per heavy atom. The minimum atomic E-state index is -0.840. The van der Waals surface area contributed by atoms with E-state index in [4.69, 9.17) is 4.74 Å². The molecule has 0 unspecified atom stereocenters. The predicted octanol–water partition coefficient (Wildman–Crippen LogP) is 2.34. The van der Waals surface area contributed by atoms with E-state index in [1.165, 1.54) is 0 Å². The van der Waals surface area contributed by atoms with Gasteiger partial charge in [0.2, 0.25) is 0 Å². The molecule has 1 aliphatic rings. The highest BCUT2D eigenvalue weighted by atomic mass is 16.6. The minimum Gasteiger partial charge on any atom is -0.443 e. The summed E-state index contributed by atoms with van der Waals surface area (Å²) in [6, 6.07) is 3.55. The molecular weight excluding hydrogens is 272 g/mol. The zero-order valence-electron chi connectivity index (χ0n) is 12.7. The van der Waals surface area contributed by atoms with E-state index in [1.54, 1.807) is 46.8 Å². The maximum atomic E-state index is 12.3. The van der Waals surface area contributed by atoms with E-state index in [0.29, 0.717) is 27.3 Å². The van der Waals surface area contributed by atoms with Crippen LogP contribution in [-0.2, 0) is 4.74 Å². The van der Waals surface area contributed by atoms with Gasteiger partial charge >= 0.3 is 6.09 Å². The molecular formula is C15H18N2O4. The van der Waals surface area contributed by atoms with Gasteiger partial charge in [0, 0.05) is 0 Å². The molecule has 0 atom stereocenters. The van der Waals surface area contributed by atoms with Gasteiger partial charge in [0.25, 0.3) is 11.8 Å². The molecule has 1 aromatic rings. The van der Waals surface area contributed by atoms with Crippen molar-refractivity contribution in [2.24, 2.45) is 0 Å². The van der Waals surface area contributed by atoms with Gasteiger partial charge in [0.15, 0.2) is 0 Å². The number of carbonyl (C=O) groups is 3. The Balaban J connectivity index is 2.29. The molecule has 1 aliphatic heterocycles. The third kappa shape index (κ3) is 2.74. The molecule has 3 amide bonds. The van der Waals surface area contributed by atoms with Crippen LogP contribution in [0.15, 0.2) is 12.1 Å². The van der Waals surface area contributed by atoms with Gasteiger partial charge in [0.1, 0.15) is 5.60 Å². The second kappa shape index (κ2) is 4.87. The molecule has 6 heteroatoms. The molecule has 112 valence electrons. The second-order valence-electron chi connectivity index (χ2n) is 6.01. The summed E-state index contributed by atoms with van der Waals surface area (Å²) < 4.78 is 5.06. The smallest absolute Gasteiger partial charge is 0.427 e. The molecule has 2 rings (SSSR count). The van der Waals surface area contributed by atoms with E-state index in [0.717, 1.165) is 0 Å². The van der Waals surface area contributed by atoms with Crippen LogP contribution < -0.4 is 5.43 Å². The minimum absolute atomic E-state index is 0.330. The van der Waals surface area contributed by atoms with Crippen LogP contribution in [0.4, 0.5) is 4.79 Å². The van der Waals surface area contributed by atoms with Crippen molar-refractivity contribution in [2.75, 3.05) is 0 Å². The maximum absolute atomic E-state index is 12.3.